The second kappa shape index (κ2) is 5.68. The number of β-amino-alcohol motifs (C(OH)–C–C–N with tert-alkyl or cyclic N) is 1. The number of nitrogens with one attached hydrogen (secondary N) is 1. The molecule has 0 bridgehead atoms. The molecule has 0 aromatic heterocycles. The molecule has 0 spiro atoms. The van der Waals surface area contributed by atoms with Gasteiger partial charge in [-0.3, -0.25) is 0 Å². The van der Waals surface area contributed by atoms with Gasteiger partial charge in [-0.1, -0.05) is 0 Å². The summed E-state index contributed by atoms with van der Waals surface area (Å²) >= 11 is 0. The summed E-state index contributed by atoms with van der Waals surface area (Å²) in [6.45, 7) is 14.6. The molecule has 1 rings (SSSR count). The molecule has 1 aliphatic heterocycles. The molecule has 102 valence electrons. The van der Waals surface area contributed by atoms with Gasteiger partial charge in [0.2, 0.25) is 0 Å². The molecular weight excluding hydrogens is 212 g/mol. The lowest BCUT2D eigenvalue weighted by atomic mass is 9.94. The second-order valence-corrected chi connectivity index (χ2v) is 7.16. The third-order valence-corrected chi connectivity index (χ3v) is 3.24. The Labute approximate surface area is 107 Å². The molecule has 1 aliphatic rings. The third kappa shape index (κ3) is 7.02. The van der Waals surface area contributed by atoms with E-state index in [1.54, 1.807) is 0 Å². The van der Waals surface area contributed by atoms with Gasteiger partial charge in [-0.05, 0) is 73.0 Å². The fraction of sp³-hybridized carbons (Fsp3) is 1.00. The number of piperidine rings is 1. The largest absolute Gasteiger partial charge is 0.389 e. The lowest BCUT2D eigenvalue weighted by molar-refractivity contribution is 0.0242. The molecule has 3 heteroatoms. The zero-order valence-corrected chi connectivity index (χ0v) is 12.2. The topological polar surface area (TPSA) is 35.5 Å². The van der Waals surface area contributed by atoms with Crippen LogP contribution in [-0.4, -0.2) is 47.3 Å². The third-order valence-electron chi connectivity index (χ3n) is 3.24. The van der Waals surface area contributed by atoms with E-state index in [0.717, 1.165) is 32.1 Å². The number of hydrogen-bond donors (Lipinski definition) is 2. The van der Waals surface area contributed by atoms with Crippen LogP contribution in [0.5, 0.6) is 0 Å². The highest BCUT2D eigenvalue weighted by atomic mass is 16.3. The van der Waals surface area contributed by atoms with Gasteiger partial charge < -0.3 is 15.3 Å². The van der Waals surface area contributed by atoms with Crippen LogP contribution in [0.25, 0.3) is 0 Å². The predicted molar refractivity (Wildman–Crippen MR) is 73.2 cm³/mol. The number of nitrogens with zero attached hydrogens (tertiary/aromatic N) is 1. The van der Waals surface area contributed by atoms with Crippen molar-refractivity contribution in [2.45, 2.75) is 58.6 Å². The summed E-state index contributed by atoms with van der Waals surface area (Å²) < 4.78 is 0. The summed E-state index contributed by atoms with van der Waals surface area (Å²) in [5, 5.41) is 13.4. The second-order valence-electron chi connectivity index (χ2n) is 7.16. The standard InChI is InChI=1S/C14H30N2O/c1-13(2,3)15-10-12-6-8-16(9-7-12)11-14(4,5)17/h12,15,17H,6-11H2,1-5H3. The highest BCUT2D eigenvalue weighted by molar-refractivity contribution is 4.80. The summed E-state index contributed by atoms with van der Waals surface area (Å²) in [5.41, 5.74) is -0.333. The fourth-order valence-electron chi connectivity index (χ4n) is 2.35. The van der Waals surface area contributed by atoms with Gasteiger partial charge in [-0.25, -0.2) is 0 Å². The van der Waals surface area contributed by atoms with Gasteiger partial charge in [0.15, 0.2) is 0 Å². The van der Waals surface area contributed by atoms with E-state index in [4.69, 9.17) is 0 Å². The van der Waals surface area contributed by atoms with E-state index in [1.165, 1.54) is 12.8 Å². The first kappa shape index (κ1) is 14.9. The maximum absolute atomic E-state index is 9.79. The van der Waals surface area contributed by atoms with Gasteiger partial charge in [0, 0.05) is 12.1 Å². The first-order valence-corrected chi connectivity index (χ1v) is 6.85. The minimum atomic E-state index is -0.559. The van der Waals surface area contributed by atoms with Crippen LogP contribution in [0.3, 0.4) is 0 Å². The highest BCUT2D eigenvalue weighted by Crippen LogP contribution is 2.19. The summed E-state index contributed by atoms with van der Waals surface area (Å²) in [4.78, 5) is 2.38. The maximum Gasteiger partial charge on any atom is 0.0718 e. The van der Waals surface area contributed by atoms with Crippen molar-refractivity contribution in [2.75, 3.05) is 26.2 Å². The average Bonchev–Trinajstić information content (AvgIpc) is 2.13. The lowest BCUT2D eigenvalue weighted by Crippen LogP contribution is -2.46. The lowest BCUT2D eigenvalue weighted by Gasteiger charge is -2.36. The Morgan fingerprint density at radius 3 is 2.06 bits per heavy atom. The molecule has 0 aromatic carbocycles. The Balaban J connectivity index is 2.22. The van der Waals surface area contributed by atoms with Crippen molar-refractivity contribution in [2.24, 2.45) is 5.92 Å². The minimum Gasteiger partial charge on any atom is -0.389 e. The first-order valence-electron chi connectivity index (χ1n) is 6.85. The average molecular weight is 242 g/mol. The Morgan fingerprint density at radius 1 is 1.12 bits per heavy atom. The molecule has 0 saturated carbocycles. The van der Waals surface area contributed by atoms with Crippen molar-refractivity contribution in [3.8, 4) is 0 Å². The van der Waals surface area contributed by atoms with E-state index < -0.39 is 5.60 Å². The zero-order valence-electron chi connectivity index (χ0n) is 12.2. The van der Waals surface area contributed by atoms with E-state index in [-0.39, 0.29) is 5.54 Å². The summed E-state index contributed by atoms with van der Waals surface area (Å²) in [6.07, 6.45) is 2.50. The van der Waals surface area contributed by atoms with Crippen LogP contribution in [0.1, 0.15) is 47.5 Å². The number of rotatable bonds is 4. The molecule has 0 aliphatic carbocycles. The van der Waals surface area contributed by atoms with Gasteiger partial charge in [-0.15, -0.1) is 0 Å². The van der Waals surface area contributed by atoms with E-state index in [9.17, 15) is 5.11 Å². The fourth-order valence-corrected chi connectivity index (χ4v) is 2.35. The van der Waals surface area contributed by atoms with E-state index in [0.29, 0.717) is 0 Å². The smallest absolute Gasteiger partial charge is 0.0718 e. The Bertz CT molecular complexity index is 219. The zero-order chi connectivity index (χ0) is 13.1. The SMILES string of the molecule is CC(C)(O)CN1CCC(CNC(C)(C)C)CC1. The Morgan fingerprint density at radius 2 is 1.65 bits per heavy atom. The molecular formula is C14H30N2O. The van der Waals surface area contributed by atoms with Crippen LogP contribution in [0.2, 0.25) is 0 Å². The summed E-state index contributed by atoms with van der Waals surface area (Å²) in [7, 11) is 0. The summed E-state index contributed by atoms with van der Waals surface area (Å²) in [5.74, 6) is 0.798. The van der Waals surface area contributed by atoms with E-state index in [2.05, 4.69) is 31.0 Å². The minimum absolute atomic E-state index is 0.226. The van der Waals surface area contributed by atoms with Crippen LogP contribution in [0.4, 0.5) is 0 Å². The van der Waals surface area contributed by atoms with E-state index >= 15 is 0 Å². The van der Waals surface area contributed by atoms with E-state index in [1.807, 2.05) is 13.8 Å². The molecule has 17 heavy (non-hydrogen) atoms. The normalized spacial score (nSPS) is 20.8. The molecule has 0 aromatic rings. The van der Waals surface area contributed by atoms with Crippen LogP contribution in [-0.2, 0) is 0 Å². The van der Waals surface area contributed by atoms with Crippen LogP contribution in [0, 0.1) is 5.92 Å². The number of hydrogen-bond acceptors (Lipinski definition) is 3. The Kier molecular flexibility index (Phi) is 4.99. The van der Waals surface area contributed by atoms with Crippen LogP contribution < -0.4 is 5.32 Å². The van der Waals surface area contributed by atoms with Gasteiger partial charge >= 0.3 is 0 Å². The summed E-state index contributed by atoms with van der Waals surface area (Å²) in [6, 6.07) is 0. The molecule has 0 atom stereocenters. The van der Waals surface area contributed by atoms with Crippen molar-refractivity contribution in [3.63, 3.8) is 0 Å². The molecule has 1 saturated heterocycles. The number of aliphatic hydroxyl groups is 1. The van der Waals surface area contributed by atoms with Gasteiger partial charge in [0.05, 0.1) is 5.60 Å². The highest BCUT2D eigenvalue weighted by Gasteiger charge is 2.24. The molecule has 1 heterocycles. The van der Waals surface area contributed by atoms with Crippen molar-refractivity contribution < 1.29 is 5.11 Å². The molecule has 1 fully saturated rings. The molecule has 0 unspecified atom stereocenters. The maximum atomic E-state index is 9.79. The van der Waals surface area contributed by atoms with Crippen molar-refractivity contribution >= 4 is 0 Å². The van der Waals surface area contributed by atoms with Gasteiger partial charge in [-0.2, -0.15) is 0 Å². The monoisotopic (exact) mass is 242 g/mol. The predicted octanol–water partition coefficient (Wildman–Crippen LogP) is 1.86. The molecule has 0 amide bonds. The number of likely N-dealkylation sites (tertiary alicyclic amines) is 1. The van der Waals surface area contributed by atoms with Crippen molar-refractivity contribution in [1.29, 1.82) is 0 Å². The molecule has 0 radical (unpaired) electrons. The quantitative estimate of drug-likeness (QED) is 0.790. The first-order chi connectivity index (χ1) is 7.66. The van der Waals surface area contributed by atoms with Gasteiger partial charge in [0.1, 0.15) is 0 Å². The molecule has 3 nitrogen and oxygen atoms in total. The molecule has 2 N–H and O–H groups in total. The van der Waals surface area contributed by atoms with Crippen LogP contribution in [0.15, 0.2) is 0 Å². The Hall–Kier alpha value is -0.120. The van der Waals surface area contributed by atoms with Crippen molar-refractivity contribution in [1.82, 2.24) is 10.2 Å². The van der Waals surface area contributed by atoms with Crippen LogP contribution >= 0.6 is 0 Å². The van der Waals surface area contributed by atoms with Gasteiger partial charge in [0.25, 0.3) is 0 Å². The van der Waals surface area contributed by atoms with Crippen molar-refractivity contribution in [3.05, 3.63) is 0 Å².